The number of carbonyl (C=O) groups is 3. The third-order valence-electron chi connectivity index (χ3n) is 4.41. The van der Waals surface area contributed by atoms with Crippen LogP contribution in [0.5, 0.6) is 5.75 Å². The van der Waals surface area contributed by atoms with Crippen LogP contribution in [-0.4, -0.2) is 48.5 Å². The molecule has 0 saturated carbocycles. The highest BCUT2D eigenvalue weighted by molar-refractivity contribution is 7.98. The molecule has 166 valence electrons. The van der Waals surface area contributed by atoms with E-state index >= 15 is 0 Å². The lowest BCUT2D eigenvalue weighted by Crippen LogP contribution is -2.46. The van der Waals surface area contributed by atoms with E-state index in [1.165, 1.54) is 6.92 Å². The van der Waals surface area contributed by atoms with E-state index in [4.69, 9.17) is 9.47 Å². The molecule has 31 heavy (non-hydrogen) atoms. The summed E-state index contributed by atoms with van der Waals surface area (Å²) in [5.41, 5.74) is 1.55. The van der Waals surface area contributed by atoms with Crippen molar-refractivity contribution in [2.75, 3.05) is 23.9 Å². The van der Waals surface area contributed by atoms with Crippen LogP contribution in [0.1, 0.15) is 18.9 Å². The molecule has 0 aliphatic carbocycles. The van der Waals surface area contributed by atoms with Gasteiger partial charge in [-0.3, -0.25) is 9.59 Å². The van der Waals surface area contributed by atoms with Crippen LogP contribution in [-0.2, 0) is 19.1 Å². The largest absolute Gasteiger partial charge is 0.484 e. The van der Waals surface area contributed by atoms with Crippen LogP contribution in [0.15, 0.2) is 54.6 Å². The molecular weight excluding hydrogens is 416 g/mol. The number of hydrogen-bond donors (Lipinski definition) is 2. The predicted octanol–water partition coefficient (Wildman–Crippen LogP) is 3.18. The van der Waals surface area contributed by atoms with Gasteiger partial charge in [0.1, 0.15) is 11.8 Å². The van der Waals surface area contributed by atoms with Crippen molar-refractivity contribution in [3.63, 3.8) is 0 Å². The molecule has 7 nitrogen and oxygen atoms in total. The molecule has 2 amide bonds. The van der Waals surface area contributed by atoms with Crippen molar-refractivity contribution in [1.29, 1.82) is 0 Å². The number of rotatable bonds is 11. The zero-order valence-corrected chi connectivity index (χ0v) is 18.7. The monoisotopic (exact) mass is 444 g/mol. The number of hydrogen-bond acceptors (Lipinski definition) is 6. The molecule has 0 aromatic heterocycles. The second-order valence-electron chi connectivity index (χ2n) is 6.89. The molecule has 2 atom stereocenters. The smallest absolute Gasteiger partial charge is 0.329 e. The molecule has 0 aliphatic rings. The minimum atomic E-state index is -1.01. The summed E-state index contributed by atoms with van der Waals surface area (Å²) in [6.45, 7) is 3.14. The number of esters is 1. The fraction of sp³-hybridized carbons (Fsp3) is 0.348. The summed E-state index contributed by atoms with van der Waals surface area (Å²) in [6.07, 6.45) is 1.27. The van der Waals surface area contributed by atoms with Gasteiger partial charge in [-0.25, -0.2) is 4.79 Å². The van der Waals surface area contributed by atoms with E-state index in [0.29, 0.717) is 23.6 Å². The Bertz CT molecular complexity index is 875. The topological polar surface area (TPSA) is 93.7 Å². The summed E-state index contributed by atoms with van der Waals surface area (Å²) in [5.74, 6) is -0.338. The minimum absolute atomic E-state index is 0.226. The molecule has 2 rings (SSSR count). The van der Waals surface area contributed by atoms with Crippen LogP contribution in [0.25, 0.3) is 0 Å². The predicted molar refractivity (Wildman–Crippen MR) is 122 cm³/mol. The van der Waals surface area contributed by atoms with Crippen molar-refractivity contribution in [3.8, 4) is 5.75 Å². The van der Waals surface area contributed by atoms with Crippen LogP contribution >= 0.6 is 11.8 Å². The number of nitrogens with one attached hydrogen (secondary N) is 2. The van der Waals surface area contributed by atoms with Gasteiger partial charge in [0, 0.05) is 5.69 Å². The summed E-state index contributed by atoms with van der Waals surface area (Å²) in [4.78, 5) is 37.3. The Morgan fingerprint density at radius 1 is 1.03 bits per heavy atom. The van der Waals surface area contributed by atoms with Gasteiger partial charge in [-0.2, -0.15) is 11.8 Å². The van der Waals surface area contributed by atoms with Gasteiger partial charge in [0.05, 0.1) is 0 Å². The standard InChI is InChI=1S/C23H28N2O5S/c1-16-9-7-8-12-19(16)25-22(27)17(2)30-23(28)20(13-14-31-3)24-21(26)15-29-18-10-5-4-6-11-18/h4-12,17,20H,13-15H2,1-3H3,(H,24,26)(H,25,27)/t17-,20-/m1/s1. The highest BCUT2D eigenvalue weighted by Crippen LogP contribution is 2.14. The van der Waals surface area contributed by atoms with Gasteiger partial charge < -0.3 is 20.1 Å². The number of carbonyl (C=O) groups excluding carboxylic acids is 3. The minimum Gasteiger partial charge on any atom is -0.484 e. The van der Waals surface area contributed by atoms with Gasteiger partial charge in [-0.15, -0.1) is 0 Å². The van der Waals surface area contributed by atoms with Gasteiger partial charge in [0.2, 0.25) is 0 Å². The summed E-state index contributed by atoms with van der Waals surface area (Å²) < 4.78 is 10.7. The quantitative estimate of drug-likeness (QED) is 0.517. The third kappa shape index (κ3) is 8.33. The number of benzene rings is 2. The molecule has 0 heterocycles. The highest BCUT2D eigenvalue weighted by atomic mass is 32.2. The first kappa shape index (κ1) is 24.3. The molecule has 0 bridgehead atoms. The highest BCUT2D eigenvalue weighted by Gasteiger charge is 2.26. The van der Waals surface area contributed by atoms with Crippen molar-refractivity contribution in [3.05, 3.63) is 60.2 Å². The number of aryl methyl sites for hydroxylation is 1. The Balaban J connectivity index is 1.90. The molecule has 0 aliphatic heterocycles. The molecule has 0 unspecified atom stereocenters. The first-order valence-corrected chi connectivity index (χ1v) is 11.3. The molecule has 2 aromatic rings. The molecule has 0 fully saturated rings. The normalized spacial score (nSPS) is 12.4. The third-order valence-corrected chi connectivity index (χ3v) is 5.05. The van der Waals surface area contributed by atoms with Gasteiger partial charge in [0.15, 0.2) is 12.7 Å². The number of anilines is 1. The van der Waals surface area contributed by atoms with E-state index in [1.54, 1.807) is 42.1 Å². The molecule has 2 aromatic carbocycles. The maximum atomic E-state index is 12.6. The fourth-order valence-corrected chi connectivity index (χ4v) is 3.12. The molecule has 0 saturated heterocycles. The van der Waals surface area contributed by atoms with Crippen molar-refractivity contribution >= 4 is 35.2 Å². The second kappa shape index (κ2) is 12.6. The van der Waals surface area contributed by atoms with Gasteiger partial charge in [-0.05, 0) is 56.0 Å². The van der Waals surface area contributed by atoms with E-state index in [0.717, 1.165) is 5.56 Å². The molecule has 8 heteroatoms. The lowest BCUT2D eigenvalue weighted by molar-refractivity contribution is -0.156. The molecule has 0 radical (unpaired) electrons. The van der Waals surface area contributed by atoms with Crippen LogP contribution < -0.4 is 15.4 Å². The van der Waals surface area contributed by atoms with Crippen molar-refractivity contribution < 1.29 is 23.9 Å². The van der Waals surface area contributed by atoms with Gasteiger partial charge in [0.25, 0.3) is 11.8 Å². The average molecular weight is 445 g/mol. The number of ether oxygens (including phenoxy) is 2. The Morgan fingerprint density at radius 3 is 2.39 bits per heavy atom. The summed E-state index contributed by atoms with van der Waals surface area (Å²) in [7, 11) is 0. The van der Waals surface area contributed by atoms with E-state index in [2.05, 4.69) is 10.6 Å². The zero-order chi connectivity index (χ0) is 22.6. The lowest BCUT2D eigenvalue weighted by atomic mass is 10.2. The van der Waals surface area contributed by atoms with Crippen molar-refractivity contribution in [2.24, 2.45) is 0 Å². The van der Waals surface area contributed by atoms with E-state index in [1.807, 2.05) is 37.4 Å². The number of amides is 2. The summed E-state index contributed by atoms with van der Waals surface area (Å²) >= 11 is 1.54. The maximum Gasteiger partial charge on any atom is 0.329 e. The second-order valence-corrected chi connectivity index (χ2v) is 7.87. The Labute approximate surface area is 186 Å². The van der Waals surface area contributed by atoms with Crippen molar-refractivity contribution in [1.82, 2.24) is 5.32 Å². The first-order valence-electron chi connectivity index (χ1n) is 9.94. The lowest BCUT2D eigenvalue weighted by Gasteiger charge is -2.20. The first-order chi connectivity index (χ1) is 14.9. The van der Waals surface area contributed by atoms with Crippen LogP contribution in [0.4, 0.5) is 5.69 Å². The van der Waals surface area contributed by atoms with E-state index < -0.39 is 29.9 Å². The van der Waals surface area contributed by atoms with Crippen molar-refractivity contribution in [2.45, 2.75) is 32.4 Å². The van der Waals surface area contributed by atoms with E-state index in [-0.39, 0.29) is 6.61 Å². The fourth-order valence-electron chi connectivity index (χ4n) is 2.64. The Morgan fingerprint density at radius 2 is 1.71 bits per heavy atom. The number of para-hydroxylation sites is 2. The SMILES string of the molecule is CSCC[C@@H](NC(=O)COc1ccccc1)C(=O)O[C@H](C)C(=O)Nc1ccccc1C. The zero-order valence-electron chi connectivity index (χ0n) is 17.9. The number of thioether (sulfide) groups is 1. The summed E-state index contributed by atoms with van der Waals surface area (Å²) in [6, 6.07) is 15.4. The Kier molecular flexibility index (Phi) is 9.90. The molecular formula is C23H28N2O5S. The van der Waals surface area contributed by atoms with Crippen LogP contribution in [0, 0.1) is 6.92 Å². The van der Waals surface area contributed by atoms with E-state index in [9.17, 15) is 14.4 Å². The van der Waals surface area contributed by atoms with Crippen LogP contribution in [0.2, 0.25) is 0 Å². The summed E-state index contributed by atoms with van der Waals surface area (Å²) in [5, 5.41) is 5.39. The van der Waals surface area contributed by atoms with Crippen LogP contribution in [0.3, 0.4) is 0 Å². The van der Waals surface area contributed by atoms with Gasteiger partial charge >= 0.3 is 5.97 Å². The maximum absolute atomic E-state index is 12.6. The Hall–Kier alpha value is -3.00. The average Bonchev–Trinajstić information content (AvgIpc) is 2.77. The molecule has 2 N–H and O–H groups in total. The van der Waals surface area contributed by atoms with Gasteiger partial charge in [-0.1, -0.05) is 36.4 Å². The molecule has 0 spiro atoms.